The minimum absolute atomic E-state index is 0.0234. The quantitative estimate of drug-likeness (QED) is 0.277. The van der Waals surface area contributed by atoms with Gasteiger partial charge in [-0.3, -0.25) is 19.4 Å². The van der Waals surface area contributed by atoms with Gasteiger partial charge in [0.05, 0.1) is 17.4 Å². The van der Waals surface area contributed by atoms with Gasteiger partial charge in [-0.2, -0.15) is 10.2 Å². The Kier molecular flexibility index (Phi) is 7.54. The molecule has 4 aliphatic rings. The van der Waals surface area contributed by atoms with E-state index >= 15 is 0 Å². The minimum atomic E-state index is -0.980. The Morgan fingerprint density at radius 1 is 0.909 bits per heavy atom. The summed E-state index contributed by atoms with van der Waals surface area (Å²) in [5.74, 6) is -1.16. The lowest BCUT2D eigenvalue weighted by Crippen LogP contribution is -2.45. The zero-order valence-corrected chi connectivity index (χ0v) is 27.0. The van der Waals surface area contributed by atoms with E-state index in [0.717, 1.165) is 61.1 Å². The largest absolute Gasteiger partial charge is 0.271 e. The van der Waals surface area contributed by atoms with Gasteiger partial charge in [0.25, 0.3) is 17.7 Å². The number of aryl methyl sites for hydroxylation is 1. The Morgan fingerprint density at radius 3 is 2.30 bits per heavy atom. The van der Waals surface area contributed by atoms with Crippen molar-refractivity contribution in [1.29, 1.82) is 0 Å². The Hall–Kier alpha value is -3.96. The van der Waals surface area contributed by atoms with Crippen molar-refractivity contribution in [2.24, 2.45) is 21.4 Å². The van der Waals surface area contributed by atoms with Crippen LogP contribution in [0.25, 0.3) is 6.08 Å². The van der Waals surface area contributed by atoms with Crippen LogP contribution in [0.15, 0.2) is 103 Å². The monoisotopic (exact) mass is 714 g/mol. The number of hydrogen-bond donors (Lipinski definition) is 0. The Morgan fingerprint density at radius 2 is 1.59 bits per heavy atom. The lowest BCUT2D eigenvalue weighted by molar-refractivity contribution is -0.136. The molecule has 222 valence electrons. The van der Waals surface area contributed by atoms with E-state index < -0.39 is 23.9 Å². The summed E-state index contributed by atoms with van der Waals surface area (Å²) in [6, 6.07) is 21.0. The molecule has 44 heavy (non-hydrogen) atoms. The van der Waals surface area contributed by atoms with Crippen LogP contribution in [0.5, 0.6) is 0 Å². The van der Waals surface area contributed by atoms with E-state index in [9.17, 15) is 14.4 Å². The number of allylic oxidation sites excluding steroid dienone is 1. The standard InChI is InChI=1S/C33H28Br2N6O3/c1-19-5-15-25(16-6-19)40-32(43)29-31(33(40)44)39(38-36-29)18-27(42)41-30(21-9-13-24(35)14-10-21)26-4-2-3-22(28(26)37-41)17-20-7-11-23(34)12-8-20/h5-17,26,29-31H,2-4,18H2,1H3/b22-17-/t26-,29+,30-,31+/m0/s1. The molecule has 7 rings (SSSR count). The summed E-state index contributed by atoms with van der Waals surface area (Å²) in [5, 5.41) is 16.1. The van der Waals surface area contributed by atoms with Gasteiger partial charge in [-0.15, -0.1) is 0 Å². The van der Waals surface area contributed by atoms with Crippen molar-refractivity contribution in [2.45, 2.75) is 44.3 Å². The predicted molar refractivity (Wildman–Crippen MR) is 173 cm³/mol. The van der Waals surface area contributed by atoms with E-state index in [-0.39, 0.29) is 24.4 Å². The number of nitrogens with zero attached hydrogens (tertiary/aromatic N) is 6. The van der Waals surface area contributed by atoms with Crippen molar-refractivity contribution in [3.8, 4) is 0 Å². The molecule has 0 spiro atoms. The fourth-order valence-corrected chi connectivity index (χ4v) is 7.00. The van der Waals surface area contributed by atoms with Crippen molar-refractivity contribution in [1.82, 2.24) is 10.0 Å². The summed E-state index contributed by atoms with van der Waals surface area (Å²) in [4.78, 5) is 42.0. The molecule has 0 bridgehead atoms. The molecule has 1 saturated heterocycles. The van der Waals surface area contributed by atoms with Crippen LogP contribution in [0.1, 0.15) is 42.0 Å². The van der Waals surface area contributed by atoms with Crippen molar-refractivity contribution in [3.63, 3.8) is 0 Å². The first-order chi connectivity index (χ1) is 21.3. The third kappa shape index (κ3) is 5.11. The van der Waals surface area contributed by atoms with Crippen molar-refractivity contribution in [2.75, 3.05) is 11.4 Å². The summed E-state index contributed by atoms with van der Waals surface area (Å²) in [7, 11) is 0. The number of amides is 3. The van der Waals surface area contributed by atoms with Gasteiger partial charge < -0.3 is 0 Å². The maximum Gasteiger partial charge on any atom is 0.264 e. The zero-order valence-electron chi connectivity index (χ0n) is 23.8. The highest BCUT2D eigenvalue weighted by Gasteiger charge is 2.55. The number of hydrogen-bond acceptors (Lipinski definition) is 7. The molecule has 4 atom stereocenters. The lowest BCUT2D eigenvalue weighted by Gasteiger charge is -2.30. The molecule has 1 saturated carbocycles. The topological polar surface area (TPSA) is 98.0 Å². The first-order valence-electron chi connectivity index (χ1n) is 14.5. The van der Waals surface area contributed by atoms with Crippen LogP contribution < -0.4 is 4.90 Å². The second kappa shape index (κ2) is 11.5. The molecule has 0 N–H and O–H groups in total. The Balaban J connectivity index is 1.18. The van der Waals surface area contributed by atoms with Gasteiger partial charge in [-0.05, 0) is 85.4 Å². The Labute approximate surface area is 271 Å². The number of hydrazone groups is 1. The molecule has 3 aromatic carbocycles. The number of halogens is 2. The van der Waals surface area contributed by atoms with Crippen LogP contribution >= 0.6 is 31.9 Å². The van der Waals surface area contributed by atoms with Gasteiger partial charge in [-0.25, -0.2) is 9.91 Å². The van der Waals surface area contributed by atoms with Crippen molar-refractivity contribution < 1.29 is 14.4 Å². The SMILES string of the molecule is Cc1ccc(N2C(=O)[C@@H]3N=NN(CC(=O)N4N=C5/C(=C\c6ccc(Br)cc6)CCC[C@@H]5[C@@H]4c4ccc(Br)cc4)[C@H]3C2=O)cc1. The first-order valence-corrected chi connectivity index (χ1v) is 16.1. The van der Waals surface area contributed by atoms with Gasteiger partial charge in [0.15, 0.2) is 12.1 Å². The zero-order chi connectivity index (χ0) is 30.5. The second-order valence-electron chi connectivity index (χ2n) is 11.5. The molecule has 3 amide bonds. The average Bonchev–Trinajstić information content (AvgIpc) is 3.69. The van der Waals surface area contributed by atoms with Crippen LogP contribution in [-0.4, -0.2) is 52.1 Å². The number of carbonyl (C=O) groups excluding carboxylic acids is 3. The van der Waals surface area contributed by atoms with Gasteiger partial charge in [0.1, 0.15) is 6.54 Å². The van der Waals surface area contributed by atoms with E-state index in [2.05, 4.69) is 60.4 Å². The van der Waals surface area contributed by atoms with E-state index in [1.54, 1.807) is 17.1 Å². The third-order valence-corrected chi connectivity index (χ3v) is 9.68. The van der Waals surface area contributed by atoms with E-state index in [4.69, 9.17) is 5.10 Å². The lowest BCUT2D eigenvalue weighted by atomic mass is 9.77. The highest BCUT2D eigenvalue weighted by atomic mass is 79.9. The summed E-state index contributed by atoms with van der Waals surface area (Å²) < 4.78 is 1.96. The minimum Gasteiger partial charge on any atom is -0.271 e. The van der Waals surface area contributed by atoms with Gasteiger partial charge >= 0.3 is 0 Å². The van der Waals surface area contributed by atoms with Crippen LogP contribution in [0.2, 0.25) is 0 Å². The fourth-order valence-electron chi connectivity index (χ4n) is 6.47. The first kappa shape index (κ1) is 28.8. The molecule has 0 aromatic heterocycles. The number of fused-ring (bicyclic) bond motifs is 2. The average molecular weight is 716 g/mol. The molecule has 1 aliphatic carbocycles. The maximum atomic E-state index is 14.1. The van der Waals surface area contributed by atoms with Crippen LogP contribution in [0.3, 0.4) is 0 Å². The summed E-state index contributed by atoms with van der Waals surface area (Å²) in [5.41, 5.74) is 5.59. The highest BCUT2D eigenvalue weighted by Crippen LogP contribution is 2.45. The molecule has 0 unspecified atom stereocenters. The predicted octanol–water partition coefficient (Wildman–Crippen LogP) is 6.64. The molecular formula is C33H28Br2N6O3. The molecule has 0 radical (unpaired) electrons. The maximum absolute atomic E-state index is 14.1. The number of carbonyl (C=O) groups is 3. The summed E-state index contributed by atoms with van der Waals surface area (Å²) in [6.07, 6.45) is 4.91. The summed E-state index contributed by atoms with van der Waals surface area (Å²) >= 11 is 7.03. The molecule has 3 aromatic rings. The highest BCUT2D eigenvalue weighted by molar-refractivity contribution is 9.10. The number of benzene rings is 3. The van der Waals surface area contributed by atoms with Gasteiger partial charge in [-0.1, -0.05) is 79.0 Å². The summed E-state index contributed by atoms with van der Waals surface area (Å²) in [6.45, 7) is 1.71. The third-order valence-electron chi connectivity index (χ3n) is 8.63. The number of rotatable bonds is 5. The van der Waals surface area contributed by atoms with E-state index in [1.165, 1.54) is 5.01 Å². The van der Waals surface area contributed by atoms with Crippen LogP contribution in [0.4, 0.5) is 5.69 Å². The number of anilines is 1. The normalized spacial score (nSPS) is 25.1. The van der Waals surface area contributed by atoms with Crippen LogP contribution in [0, 0.1) is 12.8 Å². The van der Waals surface area contributed by atoms with E-state index in [0.29, 0.717) is 5.69 Å². The van der Waals surface area contributed by atoms with Crippen molar-refractivity contribution in [3.05, 3.63) is 104 Å². The van der Waals surface area contributed by atoms with Crippen molar-refractivity contribution >= 4 is 67.1 Å². The van der Waals surface area contributed by atoms with E-state index in [1.807, 2.05) is 55.5 Å². The van der Waals surface area contributed by atoms with Gasteiger partial charge in [0, 0.05) is 14.9 Å². The molecule has 9 nitrogen and oxygen atoms in total. The molecule has 3 aliphatic heterocycles. The van der Waals surface area contributed by atoms with Gasteiger partial charge in [0.2, 0.25) is 0 Å². The number of imide groups is 1. The molecule has 3 heterocycles. The smallest absolute Gasteiger partial charge is 0.264 e. The van der Waals surface area contributed by atoms with Crippen LogP contribution in [-0.2, 0) is 14.4 Å². The fraction of sp³-hybridized carbons (Fsp3) is 0.273. The molecule has 11 heteroatoms. The Bertz CT molecular complexity index is 1740. The molecular weight excluding hydrogens is 688 g/mol. The second-order valence-corrected chi connectivity index (χ2v) is 13.3. The molecule has 2 fully saturated rings.